The zero-order valence-corrected chi connectivity index (χ0v) is 14.8. The van der Waals surface area contributed by atoms with Gasteiger partial charge in [0.2, 0.25) is 0 Å². The SMILES string of the molecule is C#C[C@@]1(O)[C@H](C)CC2C3C(O)C=C4C[C@@H](O)CC[C@@H]4C3CC[C@@]21C. The van der Waals surface area contributed by atoms with Crippen molar-refractivity contribution in [2.45, 2.75) is 70.2 Å². The van der Waals surface area contributed by atoms with Gasteiger partial charge >= 0.3 is 0 Å². The van der Waals surface area contributed by atoms with E-state index in [-0.39, 0.29) is 29.3 Å². The molecule has 3 heteroatoms. The van der Waals surface area contributed by atoms with Gasteiger partial charge in [0.1, 0.15) is 5.60 Å². The minimum atomic E-state index is -1.06. The molecule has 24 heavy (non-hydrogen) atoms. The lowest BCUT2D eigenvalue weighted by Gasteiger charge is -2.55. The highest BCUT2D eigenvalue weighted by molar-refractivity contribution is 5.29. The topological polar surface area (TPSA) is 60.7 Å². The molecule has 9 atom stereocenters. The van der Waals surface area contributed by atoms with Crippen molar-refractivity contribution in [3.05, 3.63) is 11.6 Å². The number of rotatable bonds is 0. The number of aliphatic hydroxyl groups is 3. The van der Waals surface area contributed by atoms with Crippen molar-refractivity contribution in [2.24, 2.45) is 35.0 Å². The van der Waals surface area contributed by atoms with Crippen molar-refractivity contribution in [2.75, 3.05) is 0 Å². The highest BCUT2D eigenvalue weighted by atomic mass is 16.3. The molecule has 0 amide bonds. The Morgan fingerprint density at radius 1 is 1.25 bits per heavy atom. The van der Waals surface area contributed by atoms with Crippen LogP contribution in [0.1, 0.15) is 52.4 Å². The lowest BCUT2D eigenvalue weighted by Crippen LogP contribution is -2.55. The second-order valence-corrected chi connectivity index (χ2v) is 9.13. The minimum absolute atomic E-state index is 0.0713. The molecule has 4 aliphatic carbocycles. The van der Waals surface area contributed by atoms with Crippen LogP contribution < -0.4 is 0 Å². The lowest BCUT2D eigenvalue weighted by molar-refractivity contribution is -0.113. The molecular weight excluding hydrogens is 300 g/mol. The van der Waals surface area contributed by atoms with Crippen LogP contribution in [0.3, 0.4) is 0 Å². The first-order valence-corrected chi connectivity index (χ1v) is 9.58. The first-order valence-electron chi connectivity index (χ1n) is 9.58. The Labute approximate surface area is 145 Å². The standard InChI is InChI=1S/C21H30O3/c1-4-21(24)12(2)9-17-19-16(7-8-20(17,21)3)15-6-5-14(22)10-13(15)11-18(19)23/h1,11-12,14-19,22-24H,5-10H2,2-3H3/t12-,14+,15+,16?,17?,18?,19?,20+,21-/m1/s1. The van der Waals surface area contributed by atoms with Crippen LogP contribution in [-0.2, 0) is 0 Å². The average Bonchev–Trinajstić information content (AvgIpc) is 2.75. The molecule has 0 heterocycles. The second-order valence-electron chi connectivity index (χ2n) is 9.13. The normalized spacial score (nSPS) is 56.5. The molecule has 0 aromatic rings. The van der Waals surface area contributed by atoms with Crippen LogP contribution in [0, 0.1) is 47.3 Å². The van der Waals surface area contributed by atoms with Gasteiger partial charge in [-0.15, -0.1) is 6.42 Å². The van der Waals surface area contributed by atoms with Crippen LogP contribution in [0.4, 0.5) is 0 Å². The zero-order chi connectivity index (χ0) is 17.3. The molecule has 4 rings (SSSR count). The van der Waals surface area contributed by atoms with E-state index in [1.54, 1.807) is 0 Å². The molecule has 0 aliphatic heterocycles. The van der Waals surface area contributed by atoms with Crippen molar-refractivity contribution < 1.29 is 15.3 Å². The number of aliphatic hydroxyl groups excluding tert-OH is 2. The first-order chi connectivity index (χ1) is 11.3. The Kier molecular flexibility index (Phi) is 3.70. The second kappa shape index (κ2) is 5.34. The van der Waals surface area contributed by atoms with Gasteiger partial charge in [0.05, 0.1) is 12.2 Å². The number of hydrogen-bond acceptors (Lipinski definition) is 3. The van der Waals surface area contributed by atoms with E-state index >= 15 is 0 Å². The molecule has 4 aliphatic rings. The maximum Gasteiger partial charge on any atom is 0.133 e. The molecular formula is C21H30O3. The lowest BCUT2D eigenvalue weighted by atomic mass is 9.50. The summed E-state index contributed by atoms with van der Waals surface area (Å²) < 4.78 is 0. The van der Waals surface area contributed by atoms with E-state index in [0.29, 0.717) is 11.8 Å². The van der Waals surface area contributed by atoms with Crippen LogP contribution in [0.25, 0.3) is 0 Å². The van der Waals surface area contributed by atoms with Crippen molar-refractivity contribution in [1.29, 1.82) is 0 Å². The van der Waals surface area contributed by atoms with Crippen LogP contribution in [0.5, 0.6) is 0 Å². The van der Waals surface area contributed by atoms with Crippen molar-refractivity contribution in [1.82, 2.24) is 0 Å². The molecule has 0 bridgehead atoms. The summed E-state index contributed by atoms with van der Waals surface area (Å²) in [7, 11) is 0. The summed E-state index contributed by atoms with van der Waals surface area (Å²) in [6, 6.07) is 0. The highest BCUT2D eigenvalue weighted by Gasteiger charge is 2.65. The van der Waals surface area contributed by atoms with Gasteiger partial charge < -0.3 is 15.3 Å². The van der Waals surface area contributed by atoms with Gasteiger partial charge in [-0.2, -0.15) is 0 Å². The summed E-state index contributed by atoms with van der Waals surface area (Å²) in [6.07, 6.45) is 12.5. The van der Waals surface area contributed by atoms with E-state index in [0.717, 1.165) is 38.5 Å². The van der Waals surface area contributed by atoms with E-state index < -0.39 is 11.7 Å². The molecule has 3 nitrogen and oxygen atoms in total. The van der Waals surface area contributed by atoms with Gasteiger partial charge in [-0.1, -0.05) is 31.4 Å². The van der Waals surface area contributed by atoms with Crippen LogP contribution >= 0.6 is 0 Å². The predicted molar refractivity (Wildman–Crippen MR) is 92.8 cm³/mol. The Bertz CT molecular complexity index is 605. The Hall–Kier alpha value is -0.820. The maximum absolute atomic E-state index is 11.2. The average molecular weight is 330 g/mol. The van der Waals surface area contributed by atoms with E-state index in [4.69, 9.17) is 6.42 Å². The smallest absolute Gasteiger partial charge is 0.133 e. The summed E-state index contributed by atoms with van der Waals surface area (Å²) >= 11 is 0. The molecule has 0 radical (unpaired) electrons. The fraction of sp³-hybridized carbons (Fsp3) is 0.810. The van der Waals surface area contributed by atoms with Crippen molar-refractivity contribution >= 4 is 0 Å². The molecule has 0 aromatic carbocycles. The fourth-order valence-electron chi connectivity index (χ4n) is 6.93. The summed E-state index contributed by atoms with van der Waals surface area (Å²) in [4.78, 5) is 0. The van der Waals surface area contributed by atoms with Gasteiger partial charge in [-0.25, -0.2) is 0 Å². The van der Waals surface area contributed by atoms with Crippen LogP contribution in [0.15, 0.2) is 11.6 Å². The molecule has 132 valence electrons. The minimum Gasteiger partial charge on any atom is -0.393 e. The summed E-state index contributed by atoms with van der Waals surface area (Å²) in [6.45, 7) is 4.21. The monoisotopic (exact) mass is 330 g/mol. The number of fused-ring (bicyclic) bond motifs is 5. The zero-order valence-electron chi connectivity index (χ0n) is 14.8. The van der Waals surface area contributed by atoms with Gasteiger partial charge in [0.15, 0.2) is 0 Å². The van der Waals surface area contributed by atoms with Crippen LogP contribution in [-0.4, -0.2) is 33.1 Å². The largest absolute Gasteiger partial charge is 0.393 e. The first kappa shape index (κ1) is 16.6. The third kappa shape index (κ3) is 1.97. The summed E-state index contributed by atoms with van der Waals surface area (Å²) in [5.41, 5.74) is -0.0952. The Morgan fingerprint density at radius 2 is 2.00 bits per heavy atom. The molecule has 3 saturated carbocycles. The fourth-order valence-corrected chi connectivity index (χ4v) is 6.93. The van der Waals surface area contributed by atoms with Gasteiger partial charge in [0, 0.05) is 5.41 Å². The summed E-state index contributed by atoms with van der Waals surface area (Å²) in [5, 5.41) is 32.1. The van der Waals surface area contributed by atoms with Gasteiger partial charge in [-0.3, -0.25) is 0 Å². The van der Waals surface area contributed by atoms with Crippen LogP contribution in [0.2, 0.25) is 0 Å². The Morgan fingerprint density at radius 3 is 2.71 bits per heavy atom. The number of hydrogen-bond donors (Lipinski definition) is 3. The molecule has 0 saturated heterocycles. The maximum atomic E-state index is 11.2. The molecule has 0 spiro atoms. The molecule has 0 aromatic heterocycles. The molecule has 4 unspecified atom stereocenters. The van der Waals surface area contributed by atoms with E-state index in [1.165, 1.54) is 5.57 Å². The highest BCUT2D eigenvalue weighted by Crippen LogP contribution is 2.65. The van der Waals surface area contributed by atoms with E-state index in [2.05, 4.69) is 19.8 Å². The third-order valence-electron chi connectivity index (χ3n) is 8.24. The van der Waals surface area contributed by atoms with E-state index in [1.807, 2.05) is 6.08 Å². The van der Waals surface area contributed by atoms with Gasteiger partial charge in [-0.05, 0) is 68.1 Å². The Balaban J connectivity index is 1.72. The summed E-state index contributed by atoms with van der Waals surface area (Å²) in [5.74, 6) is 4.23. The van der Waals surface area contributed by atoms with Crippen molar-refractivity contribution in [3.8, 4) is 12.3 Å². The number of terminal acetylenes is 1. The van der Waals surface area contributed by atoms with E-state index in [9.17, 15) is 15.3 Å². The van der Waals surface area contributed by atoms with Gasteiger partial charge in [0.25, 0.3) is 0 Å². The van der Waals surface area contributed by atoms with Crippen molar-refractivity contribution in [3.63, 3.8) is 0 Å². The quantitative estimate of drug-likeness (QED) is 0.472. The predicted octanol–water partition coefficient (Wildman–Crippen LogP) is 2.50. The molecule has 3 N–H and O–H groups in total. The molecule has 3 fully saturated rings. The third-order valence-corrected chi connectivity index (χ3v) is 8.24.